The van der Waals surface area contributed by atoms with Gasteiger partial charge in [-0.05, 0) is 24.6 Å². The fourth-order valence-corrected chi connectivity index (χ4v) is 1.56. The number of rotatable bonds is 8. The van der Waals surface area contributed by atoms with E-state index < -0.39 is 5.97 Å². The zero-order valence-corrected chi connectivity index (χ0v) is 11.6. The highest BCUT2D eigenvalue weighted by atomic mass is 35.5. The monoisotopic (exact) mass is 287 g/mol. The largest absolute Gasteiger partial charge is 0.460 e. The van der Waals surface area contributed by atoms with E-state index in [2.05, 4.69) is 0 Å². The molecular weight excluding hydrogens is 270 g/mol. The van der Waals surface area contributed by atoms with Gasteiger partial charge in [-0.2, -0.15) is 0 Å². The quantitative estimate of drug-likeness (QED) is 0.450. The van der Waals surface area contributed by atoms with E-state index in [0.29, 0.717) is 30.5 Å². The van der Waals surface area contributed by atoms with E-state index in [1.807, 2.05) is 0 Å². The molecule has 0 heterocycles. The number of nitrogen functional groups attached to an aromatic ring is 1. The molecule has 0 atom stereocenters. The lowest BCUT2D eigenvalue weighted by Crippen LogP contribution is -2.13. The Morgan fingerprint density at radius 3 is 2.79 bits per heavy atom. The van der Waals surface area contributed by atoms with Crippen molar-refractivity contribution in [3.8, 4) is 0 Å². The third-order valence-electron chi connectivity index (χ3n) is 2.33. The first kappa shape index (κ1) is 15.8. The number of benzene rings is 1. The Bertz CT molecular complexity index is 412. The van der Waals surface area contributed by atoms with Crippen LogP contribution in [0.1, 0.15) is 16.8 Å². The number of hydrogen-bond donors (Lipinski definition) is 1. The van der Waals surface area contributed by atoms with Crippen molar-refractivity contribution in [1.82, 2.24) is 0 Å². The molecule has 0 spiro atoms. The summed E-state index contributed by atoms with van der Waals surface area (Å²) in [6, 6.07) is 4.67. The van der Waals surface area contributed by atoms with Crippen molar-refractivity contribution in [1.29, 1.82) is 0 Å². The highest BCUT2D eigenvalue weighted by Gasteiger charge is 2.11. The second-order valence-corrected chi connectivity index (χ2v) is 4.26. The number of methoxy groups -OCH3 is 1. The predicted octanol–water partition coefficient (Wildman–Crippen LogP) is 2.13. The second kappa shape index (κ2) is 8.74. The van der Waals surface area contributed by atoms with Crippen LogP contribution in [0.2, 0.25) is 5.02 Å². The number of hydrogen-bond acceptors (Lipinski definition) is 5. The molecule has 5 nitrogen and oxygen atoms in total. The van der Waals surface area contributed by atoms with Crippen LogP contribution < -0.4 is 5.73 Å². The fourth-order valence-electron chi connectivity index (χ4n) is 1.38. The Morgan fingerprint density at radius 2 is 2.05 bits per heavy atom. The molecule has 0 aliphatic heterocycles. The summed E-state index contributed by atoms with van der Waals surface area (Å²) in [7, 11) is 1.64. The topological polar surface area (TPSA) is 70.8 Å². The van der Waals surface area contributed by atoms with Gasteiger partial charge in [0.15, 0.2) is 0 Å². The van der Waals surface area contributed by atoms with Crippen molar-refractivity contribution in [2.45, 2.75) is 6.42 Å². The van der Waals surface area contributed by atoms with Crippen LogP contribution in [-0.2, 0) is 14.2 Å². The summed E-state index contributed by atoms with van der Waals surface area (Å²) in [6.45, 7) is 1.75. The van der Waals surface area contributed by atoms with Gasteiger partial charge in [-0.3, -0.25) is 0 Å². The second-order valence-electron chi connectivity index (χ2n) is 3.83. The number of carbonyl (C=O) groups excluding carboxylic acids is 1. The van der Waals surface area contributed by atoms with Crippen molar-refractivity contribution >= 4 is 23.3 Å². The minimum Gasteiger partial charge on any atom is -0.460 e. The van der Waals surface area contributed by atoms with Gasteiger partial charge in [0, 0.05) is 31.0 Å². The van der Waals surface area contributed by atoms with Gasteiger partial charge in [-0.1, -0.05) is 11.6 Å². The normalized spacial score (nSPS) is 10.4. The molecule has 1 rings (SSSR count). The van der Waals surface area contributed by atoms with Gasteiger partial charge in [0.05, 0.1) is 12.2 Å². The smallest absolute Gasteiger partial charge is 0.340 e. The van der Waals surface area contributed by atoms with E-state index in [-0.39, 0.29) is 12.2 Å². The van der Waals surface area contributed by atoms with E-state index in [0.717, 1.165) is 6.42 Å². The summed E-state index contributed by atoms with van der Waals surface area (Å²) < 4.78 is 15.2. The third-order valence-corrected chi connectivity index (χ3v) is 2.57. The molecule has 106 valence electrons. The molecular formula is C13H18ClNO4. The van der Waals surface area contributed by atoms with E-state index in [9.17, 15) is 4.79 Å². The minimum atomic E-state index is -0.500. The summed E-state index contributed by atoms with van der Waals surface area (Å²) >= 11 is 5.79. The van der Waals surface area contributed by atoms with Crippen LogP contribution in [0.3, 0.4) is 0 Å². The van der Waals surface area contributed by atoms with Gasteiger partial charge < -0.3 is 19.9 Å². The van der Waals surface area contributed by atoms with Gasteiger partial charge in [0.2, 0.25) is 0 Å². The van der Waals surface area contributed by atoms with Gasteiger partial charge in [0.25, 0.3) is 0 Å². The molecule has 0 saturated heterocycles. The third kappa shape index (κ3) is 5.92. The summed E-state index contributed by atoms with van der Waals surface area (Å²) in [5.74, 6) is -0.500. The SMILES string of the molecule is COCCCOCCOC(=O)c1cc(Cl)ccc1N. The van der Waals surface area contributed by atoms with Gasteiger partial charge in [0.1, 0.15) is 6.61 Å². The average Bonchev–Trinajstić information content (AvgIpc) is 2.40. The Labute approximate surface area is 117 Å². The molecule has 0 aromatic heterocycles. The molecule has 0 bridgehead atoms. The average molecular weight is 288 g/mol. The summed E-state index contributed by atoms with van der Waals surface area (Å²) in [5, 5.41) is 0.442. The zero-order chi connectivity index (χ0) is 14.1. The molecule has 1 aromatic rings. The van der Waals surface area contributed by atoms with Crippen LogP contribution in [0.25, 0.3) is 0 Å². The molecule has 0 saturated carbocycles. The first-order valence-corrected chi connectivity index (χ1v) is 6.31. The Kier molecular flexibility index (Phi) is 7.25. The molecule has 0 amide bonds. The van der Waals surface area contributed by atoms with E-state index in [1.54, 1.807) is 19.2 Å². The van der Waals surface area contributed by atoms with E-state index >= 15 is 0 Å². The lowest BCUT2D eigenvalue weighted by atomic mass is 10.2. The first-order chi connectivity index (χ1) is 9.15. The van der Waals surface area contributed by atoms with Crippen molar-refractivity contribution < 1.29 is 19.0 Å². The molecule has 19 heavy (non-hydrogen) atoms. The molecule has 0 fully saturated rings. The highest BCUT2D eigenvalue weighted by Crippen LogP contribution is 2.18. The molecule has 6 heteroatoms. The summed E-state index contributed by atoms with van der Waals surface area (Å²) in [5.41, 5.74) is 6.28. The number of ether oxygens (including phenoxy) is 3. The maximum absolute atomic E-state index is 11.7. The fraction of sp³-hybridized carbons (Fsp3) is 0.462. The Hall–Kier alpha value is -1.30. The van der Waals surface area contributed by atoms with Gasteiger partial charge in [-0.15, -0.1) is 0 Å². The van der Waals surface area contributed by atoms with Crippen molar-refractivity contribution in [3.63, 3.8) is 0 Å². The van der Waals surface area contributed by atoms with Crippen molar-refractivity contribution in [2.24, 2.45) is 0 Å². The minimum absolute atomic E-state index is 0.178. The van der Waals surface area contributed by atoms with Crippen LogP contribution in [0.15, 0.2) is 18.2 Å². The zero-order valence-electron chi connectivity index (χ0n) is 10.9. The predicted molar refractivity (Wildman–Crippen MR) is 73.5 cm³/mol. The van der Waals surface area contributed by atoms with Gasteiger partial charge >= 0.3 is 5.97 Å². The number of halogens is 1. The molecule has 1 aromatic carbocycles. The molecule has 0 radical (unpaired) electrons. The lowest BCUT2D eigenvalue weighted by molar-refractivity contribution is 0.0289. The maximum Gasteiger partial charge on any atom is 0.340 e. The van der Waals surface area contributed by atoms with E-state index in [1.165, 1.54) is 6.07 Å². The number of nitrogens with two attached hydrogens (primary N) is 1. The van der Waals surface area contributed by atoms with E-state index in [4.69, 9.17) is 31.5 Å². The molecule has 0 aliphatic carbocycles. The van der Waals surface area contributed by atoms with Crippen LogP contribution in [0.5, 0.6) is 0 Å². The first-order valence-electron chi connectivity index (χ1n) is 5.94. The van der Waals surface area contributed by atoms with Crippen LogP contribution in [-0.4, -0.2) is 39.5 Å². The molecule has 0 aliphatic rings. The van der Waals surface area contributed by atoms with Crippen LogP contribution in [0, 0.1) is 0 Å². The number of anilines is 1. The van der Waals surface area contributed by atoms with Crippen LogP contribution in [0.4, 0.5) is 5.69 Å². The van der Waals surface area contributed by atoms with Gasteiger partial charge in [-0.25, -0.2) is 4.79 Å². The highest BCUT2D eigenvalue weighted by molar-refractivity contribution is 6.31. The summed E-state index contributed by atoms with van der Waals surface area (Å²) in [4.78, 5) is 11.7. The van der Waals surface area contributed by atoms with Crippen molar-refractivity contribution in [2.75, 3.05) is 39.3 Å². The maximum atomic E-state index is 11.7. The number of esters is 1. The summed E-state index contributed by atoms with van der Waals surface area (Å²) in [6.07, 6.45) is 0.811. The lowest BCUT2D eigenvalue weighted by Gasteiger charge is -2.08. The van der Waals surface area contributed by atoms with Crippen molar-refractivity contribution in [3.05, 3.63) is 28.8 Å². The molecule has 0 unspecified atom stereocenters. The Morgan fingerprint density at radius 1 is 1.26 bits per heavy atom. The Balaban J connectivity index is 2.26. The van der Waals surface area contributed by atoms with Crippen LogP contribution >= 0.6 is 11.6 Å². The molecule has 2 N–H and O–H groups in total. The number of carbonyl (C=O) groups is 1. The standard InChI is InChI=1S/C13H18ClNO4/c1-17-5-2-6-18-7-8-19-13(16)11-9-10(14)3-4-12(11)15/h3-4,9H,2,5-8,15H2,1H3.